The average molecular weight is 461 g/mol. The van der Waals surface area contributed by atoms with Gasteiger partial charge in [-0.2, -0.15) is 0 Å². The van der Waals surface area contributed by atoms with Gasteiger partial charge < -0.3 is 14.5 Å². The molecule has 1 amide bonds. The fourth-order valence-corrected chi connectivity index (χ4v) is 5.75. The Morgan fingerprint density at radius 2 is 1.91 bits per heavy atom. The largest absolute Gasteiger partial charge is 0.462 e. The smallest absolute Gasteiger partial charge is 0.341 e. The van der Waals surface area contributed by atoms with Crippen LogP contribution in [0, 0.1) is 5.41 Å². The minimum absolute atomic E-state index is 0.122. The van der Waals surface area contributed by atoms with E-state index in [1.807, 2.05) is 36.4 Å². The Morgan fingerprint density at radius 1 is 1.09 bits per heavy atom. The third kappa shape index (κ3) is 3.93. The van der Waals surface area contributed by atoms with Crippen molar-refractivity contribution < 1.29 is 18.7 Å². The molecular formula is C26H24N2O4S. The van der Waals surface area contributed by atoms with Crippen LogP contribution in [0.5, 0.6) is 0 Å². The highest BCUT2D eigenvalue weighted by molar-refractivity contribution is 7.17. The van der Waals surface area contributed by atoms with Gasteiger partial charge in [0.15, 0.2) is 0 Å². The second-order valence-electron chi connectivity index (χ2n) is 8.13. The first kappa shape index (κ1) is 21.4. The molecule has 1 aliphatic rings. The van der Waals surface area contributed by atoms with Crippen LogP contribution in [0.3, 0.4) is 0 Å². The summed E-state index contributed by atoms with van der Waals surface area (Å²) in [5, 5.41) is 14.4. The molecule has 0 atom stereocenters. The summed E-state index contributed by atoms with van der Waals surface area (Å²) < 4.78 is 11.0. The number of fused-ring (bicyclic) bond motifs is 4. The van der Waals surface area contributed by atoms with Gasteiger partial charge in [0, 0.05) is 10.3 Å². The van der Waals surface area contributed by atoms with Crippen molar-refractivity contribution >= 4 is 50.0 Å². The van der Waals surface area contributed by atoms with Crippen LogP contribution in [0.4, 0.5) is 5.00 Å². The van der Waals surface area contributed by atoms with Crippen molar-refractivity contribution in [3.8, 4) is 0 Å². The molecule has 6 nitrogen and oxygen atoms in total. The van der Waals surface area contributed by atoms with Crippen molar-refractivity contribution in [3.05, 3.63) is 69.6 Å². The Bertz CT molecular complexity index is 1450. The van der Waals surface area contributed by atoms with Gasteiger partial charge in [-0.05, 0) is 61.1 Å². The molecule has 2 heterocycles. The minimum atomic E-state index is -0.472. The van der Waals surface area contributed by atoms with Gasteiger partial charge in [0.2, 0.25) is 5.55 Å². The molecule has 0 radical (unpaired) electrons. The van der Waals surface area contributed by atoms with E-state index in [0.717, 1.165) is 58.7 Å². The molecule has 7 heteroatoms. The van der Waals surface area contributed by atoms with Crippen LogP contribution in [0.15, 0.2) is 46.9 Å². The quantitative estimate of drug-likeness (QED) is 0.228. The van der Waals surface area contributed by atoms with E-state index in [1.54, 1.807) is 13.0 Å². The highest BCUT2D eigenvalue weighted by Crippen LogP contribution is 2.38. The Balaban J connectivity index is 1.57. The number of esters is 1. The lowest BCUT2D eigenvalue weighted by atomic mass is 10.0. The van der Waals surface area contributed by atoms with Crippen molar-refractivity contribution in [2.45, 2.75) is 39.0 Å². The number of nitrogens with one attached hydrogen (secondary N) is 2. The van der Waals surface area contributed by atoms with Crippen molar-refractivity contribution in [1.82, 2.24) is 0 Å². The van der Waals surface area contributed by atoms with Gasteiger partial charge in [0.1, 0.15) is 16.1 Å². The molecule has 1 aliphatic carbocycles. The van der Waals surface area contributed by atoms with Crippen LogP contribution in [0.2, 0.25) is 0 Å². The highest BCUT2D eigenvalue weighted by Gasteiger charge is 2.27. The maximum Gasteiger partial charge on any atom is 0.341 e. The monoisotopic (exact) mass is 460 g/mol. The molecule has 2 N–H and O–H groups in total. The maximum atomic E-state index is 13.3. The molecule has 168 valence electrons. The number of rotatable bonds is 4. The zero-order chi connectivity index (χ0) is 22.9. The van der Waals surface area contributed by atoms with Gasteiger partial charge in [-0.25, -0.2) is 4.79 Å². The number of thiophene rings is 1. The summed E-state index contributed by atoms with van der Waals surface area (Å²) in [5.41, 5.74) is 1.90. The highest BCUT2D eigenvalue weighted by atomic mass is 32.1. The van der Waals surface area contributed by atoms with E-state index in [0.29, 0.717) is 16.1 Å². The molecule has 0 unspecified atom stereocenters. The molecule has 0 fully saturated rings. The Labute approximate surface area is 194 Å². The van der Waals surface area contributed by atoms with Crippen LogP contribution in [-0.2, 0) is 17.6 Å². The standard InChI is InChI=1S/C26H24N2O4S/c1-2-31-26(30)22-17-10-4-3-5-11-21(17)33-25(22)28-24(29)19-14-18-16-9-7-6-8-15(16)12-13-20(18)32-23(19)27/h6-9,12-14,27H,2-5,10-11H2,1H3,(H,28,29). The van der Waals surface area contributed by atoms with Gasteiger partial charge in [-0.15, -0.1) is 11.3 Å². The zero-order valence-electron chi connectivity index (χ0n) is 18.3. The van der Waals surface area contributed by atoms with Crippen molar-refractivity contribution in [1.29, 1.82) is 5.41 Å². The van der Waals surface area contributed by atoms with Crippen molar-refractivity contribution in [3.63, 3.8) is 0 Å². The second kappa shape index (κ2) is 8.83. The topological polar surface area (TPSA) is 92.4 Å². The summed E-state index contributed by atoms with van der Waals surface area (Å²) in [7, 11) is 0. The Kier molecular flexibility index (Phi) is 5.72. The van der Waals surface area contributed by atoms with E-state index in [9.17, 15) is 9.59 Å². The van der Waals surface area contributed by atoms with Gasteiger partial charge >= 0.3 is 5.97 Å². The normalized spacial score (nSPS) is 13.5. The zero-order valence-corrected chi connectivity index (χ0v) is 19.1. The molecule has 33 heavy (non-hydrogen) atoms. The van der Waals surface area contributed by atoms with Crippen LogP contribution in [0.25, 0.3) is 21.7 Å². The first-order valence-electron chi connectivity index (χ1n) is 11.2. The second-order valence-corrected chi connectivity index (χ2v) is 9.24. The first-order valence-corrected chi connectivity index (χ1v) is 12.0. The number of amides is 1. The summed E-state index contributed by atoms with van der Waals surface area (Å²) >= 11 is 1.44. The predicted octanol–water partition coefficient (Wildman–Crippen LogP) is 5.82. The third-order valence-corrected chi connectivity index (χ3v) is 7.26. The molecule has 5 rings (SSSR count). The molecule has 0 saturated carbocycles. The van der Waals surface area contributed by atoms with Gasteiger partial charge in [0.05, 0.1) is 12.2 Å². The third-order valence-electron chi connectivity index (χ3n) is 6.05. The van der Waals surface area contributed by atoms with Gasteiger partial charge in [0.25, 0.3) is 5.91 Å². The lowest BCUT2D eigenvalue weighted by Crippen LogP contribution is -2.21. The number of carbonyl (C=O) groups is 2. The van der Waals surface area contributed by atoms with E-state index in [1.165, 1.54) is 11.3 Å². The number of carbonyl (C=O) groups excluding carboxylic acids is 2. The van der Waals surface area contributed by atoms with Crippen molar-refractivity contribution in [2.24, 2.45) is 0 Å². The molecule has 0 spiro atoms. The summed E-state index contributed by atoms with van der Waals surface area (Å²) in [6, 6.07) is 13.3. The summed E-state index contributed by atoms with van der Waals surface area (Å²) in [4.78, 5) is 27.2. The minimum Gasteiger partial charge on any atom is -0.462 e. The summed E-state index contributed by atoms with van der Waals surface area (Å²) in [6.07, 6.45) is 4.90. The molecule has 4 aromatic rings. The lowest BCUT2D eigenvalue weighted by molar-refractivity contribution is 0.0527. The fourth-order valence-electron chi connectivity index (χ4n) is 4.48. The average Bonchev–Trinajstić information content (AvgIpc) is 2.98. The maximum absolute atomic E-state index is 13.3. The van der Waals surface area contributed by atoms with Crippen molar-refractivity contribution in [2.75, 3.05) is 11.9 Å². The Morgan fingerprint density at radius 3 is 2.76 bits per heavy atom. The van der Waals surface area contributed by atoms with E-state index >= 15 is 0 Å². The van der Waals surface area contributed by atoms with Crippen LogP contribution < -0.4 is 10.9 Å². The first-order chi connectivity index (χ1) is 16.1. The predicted molar refractivity (Wildman–Crippen MR) is 129 cm³/mol. The number of ether oxygens (including phenoxy) is 1. The number of hydrogen-bond acceptors (Lipinski definition) is 6. The number of aryl methyl sites for hydroxylation is 1. The van der Waals surface area contributed by atoms with Crippen LogP contribution >= 0.6 is 11.3 Å². The number of hydrogen-bond donors (Lipinski definition) is 2. The molecule has 0 saturated heterocycles. The van der Waals surface area contributed by atoms with Gasteiger partial charge in [-0.3, -0.25) is 10.2 Å². The van der Waals surface area contributed by atoms with Crippen LogP contribution in [-0.4, -0.2) is 18.5 Å². The molecule has 0 aliphatic heterocycles. The molecule has 2 aromatic heterocycles. The molecular weight excluding hydrogens is 436 g/mol. The Hall–Kier alpha value is -3.45. The fraction of sp³-hybridized carbons (Fsp3) is 0.269. The van der Waals surface area contributed by atoms with Gasteiger partial charge in [-0.1, -0.05) is 36.8 Å². The summed E-state index contributed by atoms with van der Waals surface area (Å²) in [6.45, 7) is 2.04. The molecule has 0 bridgehead atoms. The number of benzene rings is 2. The van der Waals surface area contributed by atoms with Crippen LogP contribution in [0.1, 0.15) is 57.3 Å². The number of anilines is 1. The van der Waals surface area contributed by atoms with E-state index < -0.39 is 11.9 Å². The van der Waals surface area contributed by atoms with E-state index in [-0.39, 0.29) is 17.7 Å². The lowest BCUT2D eigenvalue weighted by Gasteiger charge is -2.09. The summed E-state index contributed by atoms with van der Waals surface area (Å²) in [5.74, 6) is -0.881. The van der Waals surface area contributed by atoms with E-state index in [4.69, 9.17) is 14.6 Å². The SMILES string of the molecule is CCOC(=O)c1c(NC(=O)c2cc3c(ccc4ccccc43)oc2=N)sc2c1CCCCC2. The van der Waals surface area contributed by atoms with E-state index in [2.05, 4.69) is 5.32 Å². The molecule has 2 aromatic carbocycles.